The molecular formula is C10H13N5OS. The smallest absolute Gasteiger partial charge is 0.235 e. The maximum atomic E-state index is 11.1. The molecule has 2 aromatic rings. The molecule has 0 spiro atoms. The molecule has 6 nitrogen and oxygen atoms in total. The normalized spacial score (nSPS) is 12.8. The molecule has 7 heteroatoms. The van der Waals surface area contributed by atoms with Crippen molar-refractivity contribution in [3.8, 4) is 0 Å². The molecular weight excluding hydrogens is 238 g/mol. The lowest BCUT2D eigenvalue weighted by Gasteiger charge is -2.10. The van der Waals surface area contributed by atoms with Crippen LogP contribution in [0.2, 0.25) is 0 Å². The summed E-state index contributed by atoms with van der Waals surface area (Å²) in [6.07, 6.45) is 1.89. The minimum Gasteiger partial charge on any atom is -0.368 e. The number of amides is 1. The third kappa shape index (κ3) is 2.56. The largest absolute Gasteiger partial charge is 0.368 e. The van der Waals surface area contributed by atoms with Gasteiger partial charge in [-0.25, -0.2) is 0 Å². The molecule has 0 aliphatic rings. The Kier molecular flexibility index (Phi) is 3.60. The van der Waals surface area contributed by atoms with Crippen LogP contribution in [0.3, 0.4) is 0 Å². The van der Waals surface area contributed by atoms with Crippen molar-refractivity contribution in [2.45, 2.75) is 11.2 Å². The van der Waals surface area contributed by atoms with Crippen LogP contribution in [0.1, 0.15) is 0 Å². The van der Waals surface area contributed by atoms with Gasteiger partial charge in [-0.3, -0.25) is 9.20 Å². The first kappa shape index (κ1) is 11.9. The molecule has 1 atom stereocenters. The lowest BCUT2D eigenvalue weighted by Crippen LogP contribution is -2.41. The first-order chi connectivity index (χ1) is 8.22. The molecule has 3 N–H and O–H groups in total. The standard InChI is InChI=1S/C10H13N5OS/c1-12-7(9(11)16)6-17-10-14-13-8-4-2-3-5-15(8)10/h2-5,7,12H,6H2,1H3,(H2,11,16). The van der Waals surface area contributed by atoms with Crippen LogP contribution < -0.4 is 11.1 Å². The topological polar surface area (TPSA) is 85.3 Å². The van der Waals surface area contributed by atoms with E-state index in [1.165, 1.54) is 11.8 Å². The lowest BCUT2D eigenvalue weighted by molar-refractivity contribution is -0.119. The Hall–Kier alpha value is -1.60. The van der Waals surface area contributed by atoms with Crippen LogP contribution in [0.5, 0.6) is 0 Å². The Morgan fingerprint density at radius 2 is 2.41 bits per heavy atom. The van der Waals surface area contributed by atoms with Gasteiger partial charge in [0.25, 0.3) is 0 Å². The van der Waals surface area contributed by atoms with Gasteiger partial charge in [-0.05, 0) is 19.2 Å². The highest BCUT2D eigenvalue weighted by Crippen LogP contribution is 2.17. The summed E-state index contributed by atoms with van der Waals surface area (Å²) >= 11 is 1.44. The fourth-order valence-electron chi connectivity index (χ4n) is 1.38. The van der Waals surface area contributed by atoms with Gasteiger partial charge in [0.05, 0.1) is 6.04 Å². The van der Waals surface area contributed by atoms with E-state index in [4.69, 9.17) is 5.73 Å². The quantitative estimate of drug-likeness (QED) is 0.724. The summed E-state index contributed by atoms with van der Waals surface area (Å²) in [6.45, 7) is 0. The van der Waals surface area contributed by atoms with Gasteiger partial charge in [0, 0.05) is 11.9 Å². The number of hydrogen-bond acceptors (Lipinski definition) is 5. The Bertz CT molecular complexity index is 526. The van der Waals surface area contributed by atoms with Crippen LogP contribution in [0, 0.1) is 0 Å². The van der Waals surface area contributed by atoms with Crippen molar-refractivity contribution in [1.82, 2.24) is 19.9 Å². The summed E-state index contributed by atoms with van der Waals surface area (Å²) in [4.78, 5) is 11.1. The Morgan fingerprint density at radius 1 is 1.59 bits per heavy atom. The van der Waals surface area contributed by atoms with E-state index in [1.807, 2.05) is 28.8 Å². The van der Waals surface area contributed by atoms with E-state index in [9.17, 15) is 4.79 Å². The average Bonchev–Trinajstić information content (AvgIpc) is 2.73. The third-order valence-electron chi connectivity index (χ3n) is 2.35. The van der Waals surface area contributed by atoms with Crippen LogP contribution in [-0.2, 0) is 4.79 Å². The summed E-state index contributed by atoms with van der Waals surface area (Å²) in [5, 5.41) is 11.7. The first-order valence-electron chi connectivity index (χ1n) is 5.11. The molecule has 2 rings (SSSR count). The molecule has 0 aromatic carbocycles. The van der Waals surface area contributed by atoms with Gasteiger partial charge < -0.3 is 11.1 Å². The molecule has 2 heterocycles. The van der Waals surface area contributed by atoms with Crippen LogP contribution in [0.15, 0.2) is 29.6 Å². The average molecular weight is 251 g/mol. The van der Waals surface area contributed by atoms with Crippen LogP contribution >= 0.6 is 11.8 Å². The second kappa shape index (κ2) is 5.15. The van der Waals surface area contributed by atoms with Gasteiger partial charge in [0.1, 0.15) is 0 Å². The maximum absolute atomic E-state index is 11.1. The summed E-state index contributed by atoms with van der Waals surface area (Å²) in [5.41, 5.74) is 6.03. The van der Waals surface area contributed by atoms with Crippen LogP contribution in [0.4, 0.5) is 0 Å². The van der Waals surface area contributed by atoms with Crippen LogP contribution in [-0.4, -0.2) is 39.3 Å². The molecule has 17 heavy (non-hydrogen) atoms. The number of carbonyl (C=O) groups excluding carboxylic acids is 1. The molecule has 0 radical (unpaired) electrons. The number of primary amides is 1. The van der Waals surface area contributed by atoms with Crippen molar-refractivity contribution < 1.29 is 4.79 Å². The zero-order chi connectivity index (χ0) is 12.3. The Morgan fingerprint density at radius 3 is 3.12 bits per heavy atom. The van der Waals surface area contributed by atoms with Crippen molar-refractivity contribution in [2.75, 3.05) is 12.8 Å². The number of aromatic nitrogens is 3. The van der Waals surface area contributed by atoms with Crippen molar-refractivity contribution in [3.05, 3.63) is 24.4 Å². The lowest BCUT2D eigenvalue weighted by atomic mass is 10.3. The van der Waals surface area contributed by atoms with Gasteiger partial charge >= 0.3 is 0 Å². The summed E-state index contributed by atoms with van der Waals surface area (Å²) in [7, 11) is 1.71. The Labute approximate surface area is 103 Å². The third-order valence-corrected chi connectivity index (χ3v) is 3.39. The van der Waals surface area contributed by atoms with Gasteiger partial charge in [0.2, 0.25) is 5.91 Å². The summed E-state index contributed by atoms with van der Waals surface area (Å²) in [5.74, 6) is 0.162. The highest BCUT2D eigenvalue weighted by Gasteiger charge is 2.14. The fourth-order valence-corrected chi connectivity index (χ4v) is 2.42. The van der Waals surface area contributed by atoms with Crippen molar-refractivity contribution >= 4 is 23.3 Å². The number of hydrogen-bond donors (Lipinski definition) is 2. The molecule has 1 amide bonds. The zero-order valence-electron chi connectivity index (χ0n) is 9.33. The van der Waals surface area contributed by atoms with Crippen molar-refractivity contribution in [1.29, 1.82) is 0 Å². The fraction of sp³-hybridized carbons (Fsp3) is 0.300. The van der Waals surface area contributed by atoms with E-state index in [-0.39, 0.29) is 11.9 Å². The van der Waals surface area contributed by atoms with E-state index in [1.54, 1.807) is 7.05 Å². The second-order valence-corrected chi connectivity index (χ2v) is 4.45. The highest BCUT2D eigenvalue weighted by atomic mass is 32.2. The number of nitrogens with one attached hydrogen (secondary N) is 1. The van der Waals surface area contributed by atoms with Gasteiger partial charge in [0.15, 0.2) is 10.8 Å². The minimum atomic E-state index is -0.367. The molecule has 0 saturated carbocycles. The van der Waals surface area contributed by atoms with Gasteiger partial charge in [-0.2, -0.15) is 0 Å². The molecule has 0 fully saturated rings. The maximum Gasteiger partial charge on any atom is 0.235 e. The van der Waals surface area contributed by atoms with E-state index in [0.717, 1.165) is 10.8 Å². The molecule has 0 bridgehead atoms. The summed E-state index contributed by atoms with van der Waals surface area (Å²) in [6, 6.07) is 5.32. The number of fused-ring (bicyclic) bond motifs is 1. The number of carbonyl (C=O) groups is 1. The van der Waals surface area contributed by atoms with Crippen LogP contribution in [0.25, 0.3) is 5.65 Å². The number of nitrogens with two attached hydrogens (primary N) is 1. The van der Waals surface area contributed by atoms with E-state index in [2.05, 4.69) is 15.5 Å². The zero-order valence-corrected chi connectivity index (χ0v) is 10.1. The monoisotopic (exact) mass is 251 g/mol. The molecule has 1 unspecified atom stereocenters. The second-order valence-electron chi connectivity index (χ2n) is 3.47. The summed E-state index contributed by atoms with van der Waals surface area (Å²) < 4.78 is 1.87. The predicted octanol–water partition coefficient (Wildman–Crippen LogP) is -0.105. The van der Waals surface area contributed by atoms with E-state index < -0.39 is 0 Å². The number of rotatable bonds is 5. The first-order valence-corrected chi connectivity index (χ1v) is 6.10. The molecule has 0 saturated heterocycles. The number of likely N-dealkylation sites (N-methyl/N-ethyl adjacent to an activating group) is 1. The predicted molar refractivity (Wildman–Crippen MR) is 65.8 cm³/mol. The van der Waals surface area contributed by atoms with E-state index in [0.29, 0.717) is 5.75 Å². The number of pyridine rings is 1. The Balaban J connectivity index is 2.11. The van der Waals surface area contributed by atoms with E-state index >= 15 is 0 Å². The molecule has 2 aromatic heterocycles. The number of nitrogens with zero attached hydrogens (tertiary/aromatic N) is 3. The SMILES string of the molecule is CNC(CSc1nnc2ccccn12)C(N)=O. The van der Waals surface area contributed by atoms with Gasteiger partial charge in [-0.1, -0.05) is 17.8 Å². The van der Waals surface area contributed by atoms with Crippen molar-refractivity contribution in [3.63, 3.8) is 0 Å². The molecule has 0 aliphatic carbocycles. The van der Waals surface area contributed by atoms with Crippen molar-refractivity contribution in [2.24, 2.45) is 5.73 Å². The number of thioether (sulfide) groups is 1. The molecule has 90 valence electrons. The molecule has 0 aliphatic heterocycles. The minimum absolute atomic E-state index is 0.365. The van der Waals surface area contributed by atoms with Gasteiger partial charge in [-0.15, -0.1) is 10.2 Å². The highest BCUT2D eigenvalue weighted by molar-refractivity contribution is 7.99.